The molecule has 0 bridgehead atoms. The lowest BCUT2D eigenvalue weighted by molar-refractivity contribution is -0.179. The molecule has 1 aromatic carbocycles. The average Bonchev–Trinajstić information content (AvgIpc) is 2.73. The van der Waals surface area contributed by atoms with E-state index in [9.17, 15) is 13.2 Å². The molecule has 18 heavy (non-hydrogen) atoms. The molecule has 0 aliphatic carbocycles. The Morgan fingerprint density at radius 1 is 1.17 bits per heavy atom. The molecule has 0 unspecified atom stereocenters. The number of alkyl halides is 3. The predicted octanol–water partition coefficient (Wildman–Crippen LogP) is 2.26. The molecule has 1 aliphatic heterocycles. The van der Waals surface area contributed by atoms with Crippen molar-refractivity contribution in [1.82, 2.24) is 4.90 Å². The monoisotopic (exact) mass is 258 g/mol. The Balaban J connectivity index is 2.01. The van der Waals surface area contributed by atoms with Gasteiger partial charge in [-0.05, 0) is 18.0 Å². The van der Waals surface area contributed by atoms with E-state index < -0.39 is 18.0 Å². The molecule has 5 heteroatoms. The summed E-state index contributed by atoms with van der Waals surface area (Å²) in [5, 5.41) is 0. The third kappa shape index (κ3) is 3.03. The van der Waals surface area contributed by atoms with Gasteiger partial charge in [0.2, 0.25) is 0 Å². The van der Waals surface area contributed by atoms with Crippen molar-refractivity contribution < 1.29 is 13.2 Å². The topological polar surface area (TPSA) is 29.3 Å². The standard InChI is InChI=1S/C13H17F3N2/c14-13(15,16)12-9-18(8-11(12)6-17)7-10-4-2-1-3-5-10/h1-5,11-12H,6-9,17H2/t11-,12-/m1/s1. The first kappa shape index (κ1) is 13.4. The number of hydrogen-bond donors (Lipinski definition) is 1. The van der Waals surface area contributed by atoms with Crippen molar-refractivity contribution in [1.29, 1.82) is 0 Å². The highest BCUT2D eigenvalue weighted by Gasteiger charge is 2.48. The van der Waals surface area contributed by atoms with Gasteiger partial charge in [-0.3, -0.25) is 4.90 Å². The van der Waals surface area contributed by atoms with Crippen molar-refractivity contribution in [2.24, 2.45) is 17.6 Å². The Morgan fingerprint density at radius 3 is 2.33 bits per heavy atom. The molecular weight excluding hydrogens is 241 g/mol. The summed E-state index contributed by atoms with van der Waals surface area (Å²) in [5.41, 5.74) is 6.49. The quantitative estimate of drug-likeness (QED) is 0.901. The van der Waals surface area contributed by atoms with Gasteiger partial charge in [0.05, 0.1) is 5.92 Å². The first-order valence-electron chi connectivity index (χ1n) is 6.03. The van der Waals surface area contributed by atoms with Crippen LogP contribution in [0.2, 0.25) is 0 Å². The summed E-state index contributed by atoms with van der Waals surface area (Å²) in [4.78, 5) is 1.84. The molecule has 2 atom stereocenters. The Labute approximate surface area is 105 Å². The number of nitrogens with zero attached hydrogens (tertiary/aromatic N) is 1. The van der Waals surface area contributed by atoms with Crippen LogP contribution in [0.4, 0.5) is 13.2 Å². The number of benzene rings is 1. The van der Waals surface area contributed by atoms with E-state index in [1.54, 1.807) is 0 Å². The molecule has 2 N–H and O–H groups in total. The molecule has 0 saturated carbocycles. The molecule has 0 amide bonds. The van der Waals surface area contributed by atoms with Gasteiger partial charge in [0.25, 0.3) is 0 Å². The van der Waals surface area contributed by atoms with Crippen LogP contribution in [-0.4, -0.2) is 30.7 Å². The molecule has 2 rings (SSSR count). The second-order valence-electron chi connectivity index (χ2n) is 4.82. The Hall–Kier alpha value is -1.07. The average molecular weight is 258 g/mol. The van der Waals surface area contributed by atoms with Crippen LogP contribution in [0.5, 0.6) is 0 Å². The number of halogens is 3. The highest BCUT2D eigenvalue weighted by Crippen LogP contribution is 2.37. The summed E-state index contributed by atoms with van der Waals surface area (Å²) in [5.74, 6) is -1.76. The molecular formula is C13H17F3N2. The SMILES string of the molecule is NC[C@@H]1CN(Cc2ccccc2)C[C@H]1C(F)(F)F. The smallest absolute Gasteiger partial charge is 0.330 e. The van der Waals surface area contributed by atoms with Crippen molar-refractivity contribution in [2.45, 2.75) is 12.7 Å². The van der Waals surface area contributed by atoms with Gasteiger partial charge in [-0.25, -0.2) is 0 Å². The maximum absolute atomic E-state index is 12.8. The zero-order valence-electron chi connectivity index (χ0n) is 10.0. The molecule has 1 saturated heterocycles. The van der Waals surface area contributed by atoms with Crippen LogP contribution in [0.3, 0.4) is 0 Å². The largest absolute Gasteiger partial charge is 0.393 e. The van der Waals surface area contributed by atoms with Crippen LogP contribution >= 0.6 is 0 Å². The van der Waals surface area contributed by atoms with Crippen LogP contribution < -0.4 is 5.73 Å². The van der Waals surface area contributed by atoms with Gasteiger partial charge < -0.3 is 5.73 Å². The van der Waals surface area contributed by atoms with Crippen molar-refractivity contribution in [3.63, 3.8) is 0 Å². The van der Waals surface area contributed by atoms with Gasteiger partial charge in [-0.1, -0.05) is 30.3 Å². The van der Waals surface area contributed by atoms with Gasteiger partial charge in [-0.2, -0.15) is 13.2 Å². The zero-order valence-corrected chi connectivity index (χ0v) is 10.0. The van der Waals surface area contributed by atoms with Crippen molar-refractivity contribution in [3.05, 3.63) is 35.9 Å². The highest BCUT2D eigenvalue weighted by atomic mass is 19.4. The molecule has 1 aromatic rings. The maximum Gasteiger partial charge on any atom is 0.393 e. The molecule has 0 radical (unpaired) electrons. The minimum atomic E-state index is -4.14. The fourth-order valence-electron chi connectivity index (χ4n) is 2.54. The highest BCUT2D eigenvalue weighted by molar-refractivity contribution is 5.14. The molecule has 1 aliphatic rings. The fourth-order valence-corrected chi connectivity index (χ4v) is 2.54. The second-order valence-corrected chi connectivity index (χ2v) is 4.82. The van der Waals surface area contributed by atoms with E-state index in [0.29, 0.717) is 13.1 Å². The third-order valence-electron chi connectivity index (χ3n) is 3.49. The number of rotatable bonds is 3. The van der Waals surface area contributed by atoms with Crippen LogP contribution in [-0.2, 0) is 6.54 Å². The van der Waals surface area contributed by atoms with Crippen LogP contribution in [0.25, 0.3) is 0 Å². The molecule has 2 nitrogen and oxygen atoms in total. The fraction of sp³-hybridized carbons (Fsp3) is 0.538. The molecule has 0 aromatic heterocycles. The minimum Gasteiger partial charge on any atom is -0.330 e. The van der Waals surface area contributed by atoms with Gasteiger partial charge in [-0.15, -0.1) is 0 Å². The number of hydrogen-bond acceptors (Lipinski definition) is 2. The summed E-state index contributed by atoms with van der Waals surface area (Å²) in [7, 11) is 0. The van der Waals surface area contributed by atoms with E-state index >= 15 is 0 Å². The minimum absolute atomic E-state index is 0.0558. The molecule has 0 spiro atoms. The molecule has 100 valence electrons. The number of nitrogens with two attached hydrogens (primary N) is 1. The maximum atomic E-state index is 12.8. The third-order valence-corrected chi connectivity index (χ3v) is 3.49. The van der Waals surface area contributed by atoms with E-state index in [2.05, 4.69) is 0 Å². The lowest BCUT2D eigenvalue weighted by atomic mass is 9.96. The van der Waals surface area contributed by atoms with Gasteiger partial charge in [0, 0.05) is 19.6 Å². The van der Waals surface area contributed by atoms with E-state index in [0.717, 1.165) is 5.56 Å². The Morgan fingerprint density at radius 2 is 1.83 bits per heavy atom. The van der Waals surface area contributed by atoms with Gasteiger partial charge in [0.15, 0.2) is 0 Å². The first-order valence-corrected chi connectivity index (χ1v) is 6.03. The van der Waals surface area contributed by atoms with Crippen LogP contribution in [0.1, 0.15) is 5.56 Å². The molecule has 1 fully saturated rings. The zero-order chi connectivity index (χ0) is 13.2. The van der Waals surface area contributed by atoms with Crippen molar-refractivity contribution >= 4 is 0 Å². The van der Waals surface area contributed by atoms with Gasteiger partial charge >= 0.3 is 6.18 Å². The summed E-state index contributed by atoms with van der Waals surface area (Å²) < 4.78 is 38.5. The van der Waals surface area contributed by atoms with Gasteiger partial charge in [0.1, 0.15) is 0 Å². The summed E-state index contributed by atoms with van der Waals surface area (Å²) in [6, 6.07) is 9.55. The lowest BCUT2D eigenvalue weighted by Gasteiger charge is -2.19. The second kappa shape index (κ2) is 5.28. The molecule has 1 heterocycles. The van der Waals surface area contributed by atoms with Crippen LogP contribution in [0, 0.1) is 11.8 Å². The normalized spacial score (nSPS) is 25.6. The van der Waals surface area contributed by atoms with E-state index in [1.807, 2.05) is 35.2 Å². The lowest BCUT2D eigenvalue weighted by Crippen LogP contribution is -2.33. The summed E-state index contributed by atoms with van der Waals surface area (Å²) in [6.07, 6.45) is -4.14. The van der Waals surface area contributed by atoms with Crippen molar-refractivity contribution in [3.8, 4) is 0 Å². The summed E-state index contributed by atoms with van der Waals surface area (Å²) >= 11 is 0. The van der Waals surface area contributed by atoms with Crippen molar-refractivity contribution in [2.75, 3.05) is 19.6 Å². The Bertz CT molecular complexity index is 378. The predicted molar refractivity (Wildman–Crippen MR) is 63.8 cm³/mol. The summed E-state index contributed by atoms with van der Waals surface area (Å²) in [6.45, 7) is 1.13. The first-order chi connectivity index (χ1) is 8.50. The number of likely N-dealkylation sites (tertiary alicyclic amines) is 1. The van der Waals surface area contributed by atoms with E-state index in [1.165, 1.54) is 0 Å². The van der Waals surface area contributed by atoms with E-state index in [4.69, 9.17) is 5.73 Å². The van der Waals surface area contributed by atoms with E-state index in [-0.39, 0.29) is 13.1 Å². The van der Waals surface area contributed by atoms with Crippen LogP contribution in [0.15, 0.2) is 30.3 Å². The Kier molecular flexibility index (Phi) is 3.92.